The van der Waals surface area contributed by atoms with Gasteiger partial charge in [0, 0.05) is 130 Å². The van der Waals surface area contributed by atoms with Gasteiger partial charge in [0.25, 0.3) is 0 Å². The predicted octanol–water partition coefficient (Wildman–Crippen LogP) is 5.99. The molecular formula is C40H52N10O3S2. The minimum Gasteiger partial charge on any atom is -0.478 e. The van der Waals surface area contributed by atoms with Gasteiger partial charge in [-0.05, 0) is 60.0 Å². The number of benzene rings is 2. The molecule has 3 N–H and O–H groups in total. The van der Waals surface area contributed by atoms with Crippen LogP contribution in [0, 0.1) is 0 Å². The summed E-state index contributed by atoms with van der Waals surface area (Å²) in [6.07, 6.45) is 1.96. The van der Waals surface area contributed by atoms with Crippen LogP contribution in [0.5, 0.6) is 11.8 Å². The van der Waals surface area contributed by atoms with E-state index in [1.165, 1.54) is 38.5 Å². The SMILES string of the molecule is CC(=O)Nc1cc(OCCCN2CCN(c3cccc4sccc34)CC2)n(C)n1.Cn1nc(N)cc1OCCCN1CCN(c2cccc3sccc23)CC1. The fourth-order valence-electron chi connectivity index (χ4n) is 7.30. The van der Waals surface area contributed by atoms with Gasteiger partial charge in [0.05, 0.1) is 13.2 Å². The summed E-state index contributed by atoms with van der Waals surface area (Å²) in [7, 11) is 3.66. The fourth-order valence-corrected chi connectivity index (χ4v) is 8.91. The lowest BCUT2D eigenvalue weighted by Gasteiger charge is -2.36. The van der Waals surface area contributed by atoms with E-state index in [9.17, 15) is 4.79 Å². The summed E-state index contributed by atoms with van der Waals surface area (Å²) < 4.78 is 17.7. The van der Waals surface area contributed by atoms with Crippen LogP contribution in [-0.4, -0.2) is 114 Å². The van der Waals surface area contributed by atoms with E-state index in [-0.39, 0.29) is 5.91 Å². The van der Waals surface area contributed by atoms with Gasteiger partial charge < -0.3 is 30.3 Å². The molecule has 4 aromatic heterocycles. The smallest absolute Gasteiger partial charge is 0.222 e. The van der Waals surface area contributed by atoms with E-state index in [0.29, 0.717) is 30.7 Å². The maximum Gasteiger partial charge on any atom is 0.222 e. The van der Waals surface area contributed by atoms with Crippen molar-refractivity contribution in [2.75, 3.05) is 99.5 Å². The number of aromatic nitrogens is 4. The van der Waals surface area contributed by atoms with Crippen LogP contribution < -0.4 is 30.3 Å². The van der Waals surface area contributed by atoms with Crippen LogP contribution in [0.25, 0.3) is 20.2 Å². The minimum absolute atomic E-state index is 0.135. The normalized spacial score (nSPS) is 15.3. The lowest BCUT2D eigenvalue weighted by atomic mass is 10.2. The number of aryl methyl sites for hydroxylation is 2. The molecule has 0 unspecified atom stereocenters. The summed E-state index contributed by atoms with van der Waals surface area (Å²) in [4.78, 5) is 21.2. The Hall–Kier alpha value is -4.83. The molecule has 0 bridgehead atoms. The van der Waals surface area contributed by atoms with Crippen molar-refractivity contribution >= 4 is 71.8 Å². The number of carbonyl (C=O) groups excluding carboxylic acids is 1. The van der Waals surface area contributed by atoms with Crippen LogP contribution >= 0.6 is 22.7 Å². The Morgan fingerprint density at radius 3 is 1.67 bits per heavy atom. The number of nitrogens with two attached hydrogens (primary N) is 1. The first kappa shape index (κ1) is 38.4. The van der Waals surface area contributed by atoms with Crippen molar-refractivity contribution in [2.24, 2.45) is 14.1 Å². The molecule has 6 aromatic rings. The number of ether oxygens (including phenoxy) is 2. The second-order valence-electron chi connectivity index (χ2n) is 14.0. The van der Waals surface area contributed by atoms with Crippen molar-refractivity contribution in [2.45, 2.75) is 19.8 Å². The van der Waals surface area contributed by atoms with Crippen molar-refractivity contribution in [3.63, 3.8) is 0 Å². The van der Waals surface area contributed by atoms with Crippen molar-refractivity contribution in [3.05, 3.63) is 71.4 Å². The molecule has 2 aliphatic rings. The Labute approximate surface area is 330 Å². The summed E-state index contributed by atoms with van der Waals surface area (Å²) >= 11 is 3.62. The highest BCUT2D eigenvalue weighted by molar-refractivity contribution is 7.17. The standard InChI is InChI=1S/C21H27N5O2S.C19H25N5OS/c1-16(27)22-20-15-21(24(2)23-20)28-13-4-8-25-9-11-26(12-10-25)18-5-3-6-19-17(18)7-14-29-19;1-22-19(14-18(20)21-22)25-12-3-7-23-8-10-24(11-9-23)16-4-2-5-17-15(16)6-13-26-17/h3,5-7,14-15H,4,8-13H2,1-2H3,(H,22,23,27);2,4-6,13-14H,3,7-12H2,1H3,(H2,20,21). The Balaban J connectivity index is 0.000000170. The Bertz CT molecular complexity index is 2140. The molecule has 2 aliphatic heterocycles. The maximum atomic E-state index is 11.1. The molecule has 0 atom stereocenters. The number of nitrogen functional groups attached to an aromatic ring is 1. The van der Waals surface area contributed by atoms with Crippen LogP contribution in [0.2, 0.25) is 0 Å². The van der Waals surface area contributed by atoms with E-state index < -0.39 is 0 Å². The van der Waals surface area contributed by atoms with Crippen LogP contribution in [0.3, 0.4) is 0 Å². The first-order chi connectivity index (χ1) is 26.8. The van der Waals surface area contributed by atoms with Gasteiger partial charge in [-0.15, -0.1) is 22.7 Å². The van der Waals surface area contributed by atoms with E-state index in [4.69, 9.17) is 15.2 Å². The number of fused-ring (bicyclic) bond motifs is 2. The number of carbonyl (C=O) groups is 1. The Morgan fingerprint density at radius 2 is 1.20 bits per heavy atom. The molecule has 55 heavy (non-hydrogen) atoms. The molecule has 292 valence electrons. The van der Waals surface area contributed by atoms with Crippen LogP contribution in [0.1, 0.15) is 19.8 Å². The number of anilines is 4. The van der Waals surface area contributed by atoms with E-state index >= 15 is 0 Å². The molecular weight excluding hydrogens is 733 g/mol. The van der Waals surface area contributed by atoms with Crippen LogP contribution in [0.15, 0.2) is 71.4 Å². The first-order valence-corrected chi connectivity index (χ1v) is 20.8. The van der Waals surface area contributed by atoms with Gasteiger partial charge in [0.15, 0.2) is 5.82 Å². The number of hydrogen-bond acceptors (Lipinski definition) is 12. The van der Waals surface area contributed by atoms with Gasteiger partial charge in [0.1, 0.15) is 5.82 Å². The summed E-state index contributed by atoms with van der Waals surface area (Å²) in [5, 5.41) is 18.1. The molecule has 0 radical (unpaired) electrons. The van der Waals surface area contributed by atoms with Gasteiger partial charge in [-0.25, -0.2) is 9.36 Å². The summed E-state index contributed by atoms with van der Waals surface area (Å²) in [6.45, 7) is 13.5. The zero-order valence-corrected chi connectivity index (χ0v) is 33.7. The van der Waals surface area contributed by atoms with Gasteiger partial charge in [-0.1, -0.05) is 12.1 Å². The summed E-state index contributed by atoms with van der Waals surface area (Å²) in [6, 6.07) is 21.2. The zero-order valence-electron chi connectivity index (χ0n) is 32.0. The molecule has 1 amide bonds. The molecule has 0 saturated carbocycles. The molecule has 8 rings (SSSR count). The first-order valence-electron chi connectivity index (χ1n) is 19.0. The Kier molecular flexibility index (Phi) is 12.7. The molecule has 0 aliphatic carbocycles. The second-order valence-corrected chi connectivity index (χ2v) is 15.9. The number of rotatable bonds is 13. The van der Waals surface area contributed by atoms with Crippen molar-refractivity contribution in [1.82, 2.24) is 29.4 Å². The average Bonchev–Trinajstić information content (AvgIpc) is 4.00. The third kappa shape index (κ3) is 9.89. The third-order valence-corrected chi connectivity index (χ3v) is 11.9. The number of nitrogens with zero attached hydrogens (tertiary/aromatic N) is 8. The largest absolute Gasteiger partial charge is 0.478 e. The molecule has 0 spiro atoms. The van der Waals surface area contributed by atoms with Gasteiger partial charge in [-0.3, -0.25) is 14.6 Å². The van der Waals surface area contributed by atoms with Gasteiger partial charge in [-0.2, -0.15) is 10.2 Å². The molecule has 2 fully saturated rings. The minimum atomic E-state index is -0.135. The highest BCUT2D eigenvalue weighted by Gasteiger charge is 2.20. The van der Waals surface area contributed by atoms with Crippen LogP contribution in [0.4, 0.5) is 23.0 Å². The van der Waals surface area contributed by atoms with Gasteiger partial charge >= 0.3 is 0 Å². The number of piperazine rings is 2. The Morgan fingerprint density at radius 1 is 0.709 bits per heavy atom. The highest BCUT2D eigenvalue weighted by Crippen LogP contribution is 2.32. The topological polar surface area (TPSA) is 122 Å². The van der Waals surface area contributed by atoms with E-state index in [0.717, 1.165) is 84.2 Å². The number of thiophene rings is 2. The molecule has 15 heteroatoms. The molecule has 13 nitrogen and oxygen atoms in total. The third-order valence-electron chi connectivity index (χ3n) is 10.1. The second kappa shape index (κ2) is 18.2. The van der Waals surface area contributed by atoms with E-state index in [2.05, 4.69) is 94.4 Å². The molecule has 6 heterocycles. The lowest BCUT2D eigenvalue weighted by molar-refractivity contribution is -0.114. The molecule has 2 aromatic carbocycles. The highest BCUT2D eigenvalue weighted by atomic mass is 32.1. The number of hydrogen-bond donors (Lipinski definition) is 2. The van der Waals surface area contributed by atoms with Crippen molar-refractivity contribution in [3.8, 4) is 11.8 Å². The fraction of sp³-hybridized carbons (Fsp3) is 0.425. The summed E-state index contributed by atoms with van der Waals surface area (Å²) in [5.41, 5.74) is 8.40. The number of nitrogens with one attached hydrogen (secondary N) is 1. The summed E-state index contributed by atoms with van der Waals surface area (Å²) in [5.74, 6) is 2.29. The monoisotopic (exact) mass is 784 g/mol. The van der Waals surface area contributed by atoms with E-state index in [1.807, 2.05) is 25.4 Å². The lowest BCUT2D eigenvalue weighted by Crippen LogP contribution is -2.46. The number of amides is 1. The van der Waals surface area contributed by atoms with E-state index in [1.54, 1.807) is 32.8 Å². The van der Waals surface area contributed by atoms with Gasteiger partial charge in [0.2, 0.25) is 17.7 Å². The maximum absolute atomic E-state index is 11.1. The molecule has 2 saturated heterocycles. The quantitative estimate of drug-likeness (QED) is 0.135. The van der Waals surface area contributed by atoms with Crippen LogP contribution in [-0.2, 0) is 18.9 Å². The predicted molar refractivity (Wildman–Crippen MR) is 226 cm³/mol. The zero-order chi connectivity index (χ0) is 38.1. The average molecular weight is 785 g/mol. The van der Waals surface area contributed by atoms with Crippen molar-refractivity contribution in [1.29, 1.82) is 0 Å². The van der Waals surface area contributed by atoms with Crippen molar-refractivity contribution < 1.29 is 14.3 Å².